The van der Waals surface area contributed by atoms with Gasteiger partial charge >= 0.3 is 0 Å². The Bertz CT molecular complexity index is 374. The molecule has 90 valence electrons. The van der Waals surface area contributed by atoms with Crippen LogP contribution in [0.2, 0.25) is 5.02 Å². The molecule has 0 heterocycles. The van der Waals surface area contributed by atoms with Gasteiger partial charge in [0.25, 0.3) is 0 Å². The lowest BCUT2D eigenvalue weighted by Crippen LogP contribution is -2.06. The summed E-state index contributed by atoms with van der Waals surface area (Å²) >= 11 is 5.85. The number of hydrogen-bond acceptors (Lipinski definition) is 4. The van der Waals surface area contributed by atoms with Gasteiger partial charge in [-0.25, -0.2) is 5.90 Å². The lowest BCUT2D eigenvalue weighted by atomic mass is 10.1. The van der Waals surface area contributed by atoms with E-state index >= 15 is 0 Å². The van der Waals surface area contributed by atoms with Crippen molar-refractivity contribution in [1.82, 2.24) is 0 Å². The third kappa shape index (κ3) is 2.55. The summed E-state index contributed by atoms with van der Waals surface area (Å²) in [5, 5.41) is 0.188. The second-order valence-corrected chi connectivity index (χ2v) is 3.43. The maximum absolute atomic E-state index is 13.8. The van der Waals surface area contributed by atoms with Crippen LogP contribution in [0.3, 0.4) is 0 Å². The Balaban J connectivity index is 3.18. The molecule has 0 bridgehead atoms. The van der Waals surface area contributed by atoms with Gasteiger partial charge in [0.1, 0.15) is 0 Å². The molecule has 0 radical (unpaired) electrons. The molecule has 1 rings (SSSR count). The van der Waals surface area contributed by atoms with Gasteiger partial charge in [-0.15, -0.1) is 0 Å². The summed E-state index contributed by atoms with van der Waals surface area (Å²) in [6.45, 7) is 0.248. The van der Waals surface area contributed by atoms with E-state index in [2.05, 4.69) is 4.84 Å². The normalized spacial score (nSPS) is 10.3. The average molecular weight is 250 g/mol. The van der Waals surface area contributed by atoms with Crippen LogP contribution in [0.15, 0.2) is 6.07 Å². The second kappa shape index (κ2) is 5.89. The number of halogens is 2. The van der Waals surface area contributed by atoms with Gasteiger partial charge in [-0.3, -0.25) is 0 Å². The predicted octanol–water partition coefficient (Wildman–Crippen LogP) is 1.93. The third-order valence-electron chi connectivity index (χ3n) is 2.11. The van der Waals surface area contributed by atoms with E-state index < -0.39 is 5.82 Å². The van der Waals surface area contributed by atoms with E-state index in [1.54, 1.807) is 6.07 Å². The van der Waals surface area contributed by atoms with Crippen molar-refractivity contribution in [1.29, 1.82) is 0 Å². The van der Waals surface area contributed by atoms with Gasteiger partial charge in [-0.2, -0.15) is 4.39 Å². The number of rotatable bonds is 5. The minimum Gasteiger partial charge on any atom is -0.493 e. The summed E-state index contributed by atoms with van der Waals surface area (Å²) in [6.07, 6.45) is 0.403. The van der Waals surface area contributed by atoms with Gasteiger partial charge < -0.3 is 14.3 Å². The molecule has 0 aliphatic rings. The van der Waals surface area contributed by atoms with Gasteiger partial charge in [-0.05, 0) is 6.07 Å². The molecule has 16 heavy (non-hydrogen) atoms. The summed E-state index contributed by atoms with van der Waals surface area (Å²) < 4.78 is 23.6. The fourth-order valence-electron chi connectivity index (χ4n) is 1.40. The molecule has 1 aromatic carbocycles. The smallest absolute Gasteiger partial charge is 0.208 e. The SMILES string of the molecule is COc1c(Cl)cc(CCON)c(OC)c1F. The van der Waals surface area contributed by atoms with Crippen molar-refractivity contribution in [2.24, 2.45) is 5.90 Å². The van der Waals surface area contributed by atoms with E-state index in [1.165, 1.54) is 14.2 Å². The quantitative estimate of drug-likeness (QED) is 0.811. The summed E-state index contributed by atoms with van der Waals surface area (Å²) in [7, 11) is 2.71. The van der Waals surface area contributed by atoms with E-state index in [-0.39, 0.29) is 23.1 Å². The summed E-state index contributed by atoms with van der Waals surface area (Å²) in [4.78, 5) is 4.43. The first-order chi connectivity index (χ1) is 7.65. The molecule has 0 atom stereocenters. The zero-order valence-electron chi connectivity index (χ0n) is 9.05. The average Bonchev–Trinajstić information content (AvgIpc) is 2.26. The van der Waals surface area contributed by atoms with Crippen molar-refractivity contribution in [2.45, 2.75) is 6.42 Å². The molecule has 0 saturated heterocycles. The highest BCUT2D eigenvalue weighted by atomic mass is 35.5. The van der Waals surface area contributed by atoms with Gasteiger partial charge in [0, 0.05) is 12.0 Å². The largest absolute Gasteiger partial charge is 0.493 e. The van der Waals surface area contributed by atoms with Crippen LogP contribution in [-0.2, 0) is 11.3 Å². The predicted molar refractivity (Wildman–Crippen MR) is 58.4 cm³/mol. The standard InChI is InChI=1S/C10H13ClFNO3/c1-14-9-6(3-4-16-13)5-7(11)10(15-2)8(9)12/h5H,3-4,13H2,1-2H3. The van der Waals surface area contributed by atoms with Crippen molar-refractivity contribution in [2.75, 3.05) is 20.8 Å². The highest BCUT2D eigenvalue weighted by molar-refractivity contribution is 6.32. The van der Waals surface area contributed by atoms with Crippen LogP contribution in [0, 0.1) is 5.82 Å². The van der Waals surface area contributed by atoms with Crippen molar-refractivity contribution in [3.8, 4) is 11.5 Å². The van der Waals surface area contributed by atoms with Gasteiger partial charge in [0.15, 0.2) is 11.5 Å². The molecule has 0 spiro atoms. The first kappa shape index (κ1) is 13.0. The maximum atomic E-state index is 13.8. The number of benzene rings is 1. The molecule has 0 aliphatic heterocycles. The Morgan fingerprint density at radius 3 is 2.44 bits per heavy atom. The molecule has 6 heteroatoms. The lowest BCUT2D eigenvalue weighted by molar-refractivity contribution is 0.140. The van der Waals surface area contributed by atoms with Crippen molar-refractivity contribution in [3.63, 3.8) is 0 Å². The van der Waals surface area contributed by atoms with Crippen LogP contribution in [0.1, 0.15) is 5.56 Å². The van der Waals surface area contributed by atoms with Crippen molar-refractivity contribution >= 4 is 11.6 Å². The van der Waals surface area contributed by atoms with Crippen LogP contribution in [-0.4, -0.2) is 20.8 Å². The zero-order chi connectivity index (χ0) is 12.1. The Labute approximate surface area is 98.0 Å². The highest BCUT2D eigenvalue weighted by Crippen LogP contribution is 2.37. The van der Waals surface area contributed by atoms with Gasteiger partial charge in [-0.1, -0.05) is 11.6 Å². The van der Waals surface area contributed by atoms with Crippen LogP contribution in [0.25, 0.3) is 0 Å². The molecule has 0 aromatic heterocycles. The molecule has 0 fully saturated rings. The first-order valence-electron chi connectivity index (χ1n) is 4.56. The van der Waals surface area contributed by atoms with Crippen LogP contribution >= 0.6 is 11.6 Å². The van der Waals surface area contributed by atoms with Crippen LogP contribution < -0.4 is 15.4 Å². The molecule has 4 nitrogen and oxygen atoms in total. The number of methoxy groups -OCH3 is 2. The molecule has 0 aliphatic carbocycles. The van der Waals surface area contributed by atoms with E-state index in [0.29, 0.717) is 12.0 Å². The molecule has 0 unspecified atom stereocenters. The van der Waals surface area contributed by atoms with E-state index in [0.717, 1.165) is 0 Å². The van der Waals surface area contributed by atoms with Crippen LogP contribution in [0.4, 0.5) is 4.39 Å². The number of hydrogen-bond donors (Lipinski definition) is 1. The zero-order valence-corrected chi connectivity index (χ0v) is 9.81. The first-order valence-corrected chi connectivity index (χ1v) is 4.94. The van der Waals surface area contributed by atoms with E-state index in [4.69, 9.17) is 27.0 Å². The Morgan fingerprint density at radius 2 is 1.94 bits per heavy atom. The van der Waals surface area contributed by atoms with Gasteiger partial charge in [0.05, 0.1) is 25.8 Å². The Kier molecular flexibility index (Phi) is 4.79. The van der Waals surface area contributed by atoms with Crippen molar-refractivity contribution < 1.29 is 18.7 Å². The van der Waals surface area contributed by atoms with E-state index in [1.807, 2.05) is 0 Å². The topological polar surface area (TPSA) is 53.7 Å². The minimum atomic E-state index is -0.621. The molecular formula is C10H13ClFNO3. The maximum Gasteiger partial charge on any atom is 0.208 e. The number of ether oxygens (including phenoxy) is 2. The van der Waals surface area contributed by atoms with E-state index in [9.17, 15) is 4.39 Å². The third-order valence-corrected chi connectivity index (χ3v) is 2.39. The molecule has 1 aromatic rings. The number of nitrogens with two attached hydrogens (primary N) is 1. The lowest BCUT2D eigenvalue weighted by Gasteiger charge is -2.13. The van der Waals surface area contributed by atoms with Gasteiger partial charge in [0.2, 0.25) is 5.82 Å². The van der Waals surface area contributed by atoms with Crippen molar-refractivity contribution in [3.05, 3.63) is 22.5 Å². The Hall–Kier alpha value is -1.04. The molecule has 2 N–H and O–H groups in total. The molecule has 0 saturated carbocycles. The summed E-state index contributed by atoms with van der Waals surface area (Å²) in [5.41, 5.74) is 0.580. The molecule has 0 amide bonds. The highest BCUT2D eigenvalue weighted by Gasteiger charge is 2.18. The monoisotopic (exact) mass is 249 g/mol. The Morgan fingerprint density at radius 1 is 1.31 bits per heavy atom. The summed E-state index contributed by atoms with van der Waals surface area (Å²) in [5.74, 6) is 4.35. The fourth-order valence-corrected chi connectivity index (χ4v) is 1.69. The second-order valence-electron chi connectivity index (χ2n) is 3.02. The summed E-state index contributed by atoms with van der Waals surface area (Å²) in [6, 6.07) is 1.57. The fraction of sp³-hybridized carbons (Fsp3) is 0.400. The molecular weight excluding hydrogens is 237 g/mol. The van der Waals surface area contributed by atoms with Crippen LogP contribution in [0.5, 0.6) is 11.5 Å². The minimum absolute atomic E-state index is 0.0315.